The van der Waals surface area contributed by atoms with E-state index < -0.39 is 34.1 Å². The molecule has 3 saturated carbocycles. The number of ether oxygens (including phenoxy) is 1. The Labute approximate surface area is 264 Å². The van der Waals surface area contributed by atoms with E-state index in [-0.39, 0.29) is 53.3 Å². The number of primary amides is 1. The van der Waals surface area contributed by atoms with Crippen molar-refractivity contribution in [1.82, 2.24) is 9.78 Å². The van der Waals surface area contributed by atoms with E-state index in [4.69, 9.17) is 14.9 Å². The molecule has 0 saturated heterocycles. The van der Waals surface area contributed by atoms with Gasteiger partial charge < -0.3 is 20.0 Å². The molecule has 7 rings (SSSR count). The highest BCUT2D eigenvalue weighted by molar-refractivity contribution is 8.14. The van der Waals surface area contributed by atoms with Crippen LogP contribution in [0, 0.1) is 34.4 Å². The predicted molar refractivity (Wildman–Crippen MR) is 164 cm³/mol. The maximum absolute atomic E-state index is 14.0. The van der Waals surface area contributed by atoms with Crippen LogP contribution >= 0.6 is 11.8 Å². The predicted octanol–water partition coefficient (Wildman–Crippen LogP) is 5.10. The molecule has 3 N–H and O–H groups in total. The number of fused-ring (bicyclic) bond motifs is 6. The number of hydrogen-bond acceptors (Lipinski definition) is 8. The van der Waals surface area contributed by atoms with E-state index in [9.17, 15) is 23.9 Å². The van der Waals surface area contributed by atoms with Crippen LogP contribution < -0.4 is 5.73 Å². The Morgan fingerprint density at radius 3 is 2.69 bits per heavy atom. The van der Waals surface area contributed by atoms with Gasteiger partial charge in [-0.25, -0.2) is 13.9 Å². The van der Waals surface area contributed by atoms with Crippen LogP contribution in [-0.4, -0.2) is 49.3 Å². The number of furan rings is 1. The fourth-order valence-corrected chi connectivity index (χ4v) is 10.2. The molecule has 0 aliphatic heterocycles. The van der Waals surface area contributed by atoms with Gasteiger partial charge >= 0.3 is 5.97 Å². The van der Waals surface area contributed by atoms with Crippen molar-refractivity contribution in [3.05, 3.63) is 77.3 Å². The van der Waals surface area contributed by atoms with Crippen LogP contribution in [0.15, 0.2) is 58.8 Å². The summed E-state index contributed by atoms with van der Waals surface area (Å²) >= 11 is 0.774. The summed E-state index contributed by atoms with van der Waals surface area (Å²) in [5.74, 6) is -1.93. The molecule has 2 aromatic heterocycles. The number of nitrogens with two attached hydrogens (primary N) is 1. The molecule has 45 heavy (non-hydrogen) atoms. The van der Waals surface area contributed by atoms with Gasteiger partial charge in [0, 0.05) is 5.41 Å². The minimum atomic E-state index is -1.55. The Morgan fingerprint density at radius 1 is 1.20 bits per heavy atom. The summed E-state index contributed by atoms with van der Waals surface area (Å²) < 4.78 is 26.9. The largest absolute Gasteiger partial charge is 0.457 e. The van der Waals surface area contributed by atoms with Crippen molar-refractivity contribution in [2.24, 2.45) is 34.3 Å². The number of amides is 1. The number of carbonyl (C=O) groups excluding carboxylic acids is 3. The van der Waals surface area contributed by atoms with Crippen molar-refractivity contribution in [3.8, 4) is 5.69 Å². The third-order valence-corrected chi connectivity index (χ3v) is 12.3. The van der Waals surface area contributed by atoms with Crippen molar-refractivity contribution in [1.29, 1.82) is 0 Å². The molecular formula is C34H36FN3O6S. The first-order chi connectivity index (χ1) is 21.5. The molecule has 3 aromatic rings. The molecule has 0 unspecified atom stereocenters. The highest BCUT2D eigenvalue weighted by atomic mass is 32.2. The second kappa shape index (κ2) is 10.7. The highest BCUT2D eigenvalue weighted by Crippen LogP contribution is 2.69. The van der Waals surface area contributed by atoms with E-state index in [0.717, 1.165) is 41.5 Å². The van der Waals surface area contributed by atoms with Crippen LogP contribution in [0.2, 0.25) is 0 Å². The number of halogens is 1. The summed E-state index contributed by atoms with van der Waals surface area (Å²) in [6.07, 6.45) is 8.17. The molecule has 7 atom stereocenters. The quantitative estimate of drug-likeness (QED) is 0.358. The molecule has 1 aromatic carbocycles. The Balaban J connectivity index is 1.23. The van der Waals surface area contributed by atoms with Crippen molar-refractivity contribution < 1.29 is 33.0 Å². The number of nitrogens with zero attached hydrogens (tertiary/aromatic N) is 2. The summed E-state index contributed by atoms with van der Waals surface area (Å²) in [5.41, 5.74) is 6.70. The van der Waals surface area contributed by atoms with Crippen molar-refractivity contribution in [3.63, 3.8) is 0 Å². The van der Waals surface area contributed by atoms with Gasteiger partial charge in [-0.1, -0.05) is 31.2 Å². The average Bonchev–Trinajstić information content (AvgIpc) is 3.73. The first kappa shape index (κ1) is 30.0. The summed E-state index contributed by atoms with van der Waals surface area (Å²) in [4.78, 5) is 38.9. The van der Waals surface area contributed by atoms with Gasteiger partial charge in [-0.15, -0.1) is 0 Å². The zero-order valence-corrected chi connectivity index (χ0v) is 26.0. The van der Waals surface area contributed by atoms with Crippen LogP contribution in [0.1, 0.15) is 67.8 Å². The third-order valence-electron chi connectivity index (χ3n) is 11.3. The Morgan fingerprint density at radius 2 is 1.98 bits per heavy atom. The van der Waals surface area contributed by atoms with Crippen LogP contribution in [0.5, 0.6) is 0 Å². The van der Waals surface area contributed by atoms with E-state index in [1.54, 1.807) is 18.2 Å². The van der Waals surface area contributed by atoms with Gasteiger partial charge in [0.25, 0.3) is 0 Å². The lowest BCUT2D eigenvalue weighted by Crippen LogP contribution is -2.62. The Bertz CT molecular complexity index is 1700. The Hall–Kier alpha value is -3.70. The number of allylic oxidation sites excluding steroid dienone is 1. The lowest BCUT2D eigenvalue weighted by molar-refractivity contribution is -0.175. The Kier molecular flexibility index (Phi) is 7.12. The molecule has 11 heteroatoms. The maximum Gasteiger partial charge on any atom is 0.375 e. The zero-order valence-electron chi connectivity index (χ0n) is 25.2. The van der Waals surface area contributed by atoms with E-state index >= 15 is 0 Å². The van der Waals surface area contributed by atoms with Gasteiger partial charge in [-0.05, 0) is 110 Å². The second-order valence-corrected chi connectivity index (χ2v) is 14.5. The molecule has 4 aliphatic rings. The SMILES string of the molecule is C[C@]12C[C@H](O)[C@H]3[C@@H](CCC4=Cc5c(cnn5-c5ccc(F)cc5)C[C@]43C)[C@@H]1CC[C@]2(OC(=O)c1ccco1)C(=O)SCC(N)=O. The first-order valence-corrected chi connectivity index (χ1v) is 16.4. The number of hydrogen-bond donors (Lipinski definition) is 2. The van der Waals surface area contributed by atoms with Crippen molar-refractivity contribution in [2.45, 2.75) is 64.1 Å². The zero-order chi connectivity index (χ0) is 31.7. The normalized spacial score (nSPS) is 33.3. The molecule has 2 heterocycles. The molecular weight excluding hydrogens is 597 g/mol. The molecule has 0 radical (unpaired) electrons. The highest BCUT2D eigenvalue weighted by Gasteiger charge is 2.70. The smallest absolute Gasteiger partial charge is 0.375 e. The fraction of sp³-hybridized carbons (Fsp3) is 0.471. The lowest BCUT2D eigenvalue weighted by atomic mass is 9.45. The van der Waals surface area contributed by atoms with Gasteiger partial charge in [0.05, 0.1) is 35.7 Å². The van der Waals surface area contributed by atoms with Crippen molar-refractivity contribution in [2.75, 3.05) is 5.75 Å². The van der Waals surface area contributed by atoms with E-state index in [1.165, 1.54) is 30.0 Å². The van der Waals surface area contributed by atoms with Gasteiger partial charge in [-0.2, -0.15) is 5.10 Å². The fourth-order valence-electron chi connectivity index (χ4n) is 9.36. The second-order valence-electron chi connectivity index (χ2n) is 13.5. The van der Waals surface area contributed by atoms with Gasteiger partial charge in [-0.3, -0.25) is 9.59 Å². The third kappa shape index (κ3) is 4.52. The molecule has 236 valence electrons. The van der Waals surface area contributed by atoms with Gasteiger partial charge in [0.2, 0.25) is 16.8 Å². The monoisotopic (exact) mass is 633 g/mol. The van der Waals surface area contributed by atoms with Gasteiger partial charge in [0.1, 0.15) is 5.82 Å². The summed E-state index contributed by atoms with van der Waals surface area (Å²) in [6, 6.07) is 9.34. The summed E-state index contributed by atoms with van der Waals surface area (Å²) in [6.45, 7) is 4.19. The summed E-state index contributed by atoms with van der Waals surface area (Å²) in [7, 11) is 0. The van der Waals surface area contributed by atoms with Crippen molar-refractivity contribution >= 4 is 34.8 Å². The number of thioether (sulfide) groups is 1. The van der Waals surface area contributed by atoms with E-state index in [2.05, 4.69) is 18.1 Å². The minimum absolute atomic E-state index is 0.00450. The topological polar surface area (TPSA) is 138 Å². The number of esters is 1. The lowest BCUT2D eigenvalue weighted by Gasteiger charge is -2.60. The number of aliphatic hydroxyl groups is 1. The van der Waals surface area contributed by atoms with E-state index in [1.807, 2.05) is 17.8 Å². The number of aromatic nitrogens is 2. The van der Waals surface area contributed by atoms with E-state index in [0.29, 0.717) is 12.8 Å². The van der Waals surface area contributed by atoms with Gasteiger partial charge in [0.15, 0.2) is 5.60 Å². The number of rotatable bonds is 6. The van der Waals surface area contributed by atoms with Crippen LogP contribution in [0.3, 0.4) is 0 Å². The van der Waals surface area contributed by atoms with Crippen LogP contribution in [0.25, 0.3) is 11.8 Å². The molecule has 0 spiro atoms. The molecule has 9 nitrogen and oxygen atoms in total. The van der Waals surface area contributed by atoms with Crippen LogP contribution in [0.4, 0.5) is 4.39 Å². The average molecular weight is 634 g/mol. The molecule has 4 aliphatic carbocycles. The van der Waals surface area contributed by atoms with Crippen LogP contribution in [-0.2, 0) is 20.7 Å². The maximum atomic E-state index is 14.0. The minimum Gasteiger partial charge on any atom is -0.457 e. The number of aliphatic hydroxyl groups excluding tert-OH is 1. The summed E-state index contributed by atoms with van der Waals surface area (Å²) in [5, 5.41) is 16.3. The molecule has 1 amide bonds. The standard InChI is InChI=1S/C34H36FN3O6S/c1-32-15-19-17-37-38(22-8-6-21(35)7-9-22)25(19)14-20(32)5-10-23-24-11-12-34(31(42)45-18-28(36)40,33(24,2)16-26(39)29(23)32)44-30(41)27-4-3-13-43-27/h3-4,6-9,13-14,17,23-24,26,29,39H,5,10-12,15-16,18H2,1-2H3,(H2,36,40)/t23-,24-,26-,29+,32+,33-,34-/m0/s1. The number of benzene rings is 1. The number of carbonyl (C=O) groups is 3. The molecule has 0 bridgehead atoms. The molecule has 3 fully saturated rings. The first-order valence-electron chi connectivity index (χ1n) is 15.4.